The zero-order valence-electron chi connectivity index (χ0n) is 19.0. The second-order valence-electron chi connectivity index (χ2n) is 8.69. The molecule has 2 unspecified atom stereocenters. The molecular weight excluding hydrogens is 422 g/mol. The SMILES string of the molecule is COc1cccc2nc(-c3ccc(N4CCCC4C)nc3)n(CC3CN(C(=O)O)CCO3)c12. The largest absolute Gasteiger partial charge is 0.494 e. The molecule has 2 aliphatic rings. The van der Waals surface area contributed by atoms with Gasteiger partial charge in [-0.3, -0.25) is 0 Å². The summed E-state index contributed by atoms with van der Waals surface area (Å²) in [5.41, 5.74) is 2.57. The number of morpholine rings is 1. The molecule has 2 atom stereocenters. The number of rotatable bonds is 5. The minimum Gasteiger partial charge on any atom is -0.494 e. The fourth-order valence-electron chi connectivity index (χ4n) is 4.88. The van der Waals surface area contributed by atoms with Crippen molar-refractivity contribution in [1.82, 2.24) is 19.4 Å². The van der Waals surface area contributed by atoms with E-state index in [4.69, 9.17) is 19.4 Å². The van der Waals surface area contributed by atoms with E-state index in [1.807, 2.05) is 24.4 Å². The Balaban J connectivity index is 1.52. The van der Waals surface area contributed by atoms with Gasteiger partial charge >= 0.3 is 6.09 Å². The average molecular weight is 452 g/mol. The number of amides is 1. The van der Waals surface area contributed by atoms with Crippen LogP contribution in [-0.2, 0) is 11.3 Å². The molecule has 2 aromatic heterocycles. The fourth-order valence-corrected chi connectivity index (χ4v) is 4.88. The Hall–Kier alpha value is -3.33. The molecule has 174 valence electrons. The van der Waals surface area contributed by atoms with Gasteiger partial charge < -0.3 is 28.9 Å². The van der Waals surface area contributed by atoms with Crippen molar-refractivity contribution in [1.29, 1.82) is 0 Å². The Labute approximate surface area is 192 Å². The van der Waals surface area contributed by atoms with Crippen LogP contribution in [0.2, 0.25) is 0 Å². The molecular formula is C24H29N5O4. The zero-order valence-corrected chi connectivity index (χ0v) is 19.0. The van der Waals surface area contributed by atoms with Crippen molar-refractivity contribution in [3.05, 3.63) is 36.5 Å². The van der Waals surface area contributed by atoms with Crippen LogP contribution in [0.15, 0.2) is 36.5 Å². The molecule has 0 saturated carbocycles. The van der Waals surface area contributed by atoms with Gasteiger partial charge in [-0.2, -0.15) is 0 Å². The number of para-hydroxylation sites is 1. The van der Waals surface area contributed by atoms with Gasteiger partial charge in [-0.25, -0.2) is 14.8 Å². The summed E-state index contributed by atoms with van der Waals surface area (Å²) in [6.45, 7) is 4.79. The van der Waals surface area contributed by atoms with E-state index < -0.39 is 6.09 Å². The summed E-state index contributed by atoms with van der Waals surface area (Å²) in [5.74, 6) is 2.46. The summed E-state index contributed by atoms with van der Waals surface area (Å²) in [5, 5.41) is 9.42. The molecule has 1 amide bonds. The monoisotopic (exact) mass is 451 g/mol. The number of carboxylic acid groups (broad SMARTS) is 1. The molecule has 9 heteroatoms. The van der Waals surface area contributed by atoms with Crippen LogP contribution in [-0.4, -0.2) is 76.1 Å². The normalized spacial score (nSPS) is 21.0. The quantitative estimate of drug-likeness (QED) is 0.635. The Morgan fingerprint density at radius 2 is 2.15 bits per heavy atom. The number of fused-ring (bicyclic) bond motifs is 1. The molecule has 2 saturated heterocycles. The Bertz CT molecular complexity index is 1150. The zero-order chi connectivity index (χ0) is 22.9. The Kier molecular flexibility index (Phi) is 5.80. The molecule has 0 aliphatic carbocycles. The van der Waals surface area contributed by atoms with Crippen LogP contribution in [0.3, 0.4) is 0 Å². The number of pyridine rings is 1. The lowest BCUT2D eigenvalue weighted by molar-refractivity contribution is -0.0286. The topological polar surface area (TPSA) is 93.0 Å². The number of aromatic nitrogens is 3. The number of imidazole rings is 1. The van der Waals surface area contributed by atoms with E-state index in [0.29, 0.717) is 38.0 Å². The molecule has 0 spiro atoms. The van der Waals surface area contributed by atoms with Crippen molar-refractivity contribution in [3.8, 4) is 17.1 Å². The molecule has 5 rings (SSSR count). The van der Waals surface area contributed by atoms with Crippen LogP contribution in [0.25, 0.3) is 22.4 Å². The molecule has 33 heavy (non-hydrogen) atoms. The van der Waals surface area contributed by atoms with Crippen molar-refractivity contribution >= 4 is 22.9 Å². The van der Waals surface area contributed by atoms with Gasteiger partial charge in [-0.1, -0.05) is 6.07 Å². The Morgan fingerprint density at radius 3 is 2.85 bits per heavy atom. The summed E-state index contributed by atoms with van der Waals surface area (Å²) >= 11 is 0. The predicted octanol–water partition coefficient (Wildman–Crippen LogP) is 3.47. The number of nitrogens with zero attached hydrogens (tertiary/aromatic N) is 5. The third kappa shape index (κ3) is 4.08. The van der Waals surface area contributed by atoms with Gasteiger partial charge in [0.2, 0.25) is 0 Å². The maximum absolute atomic E-state index is 11.5. The molecule has 0 bridgehead atoms. The lowest BCUT2D eigenvalue weighted by Gasteiger charge is -2.31. The van der Waals surface area contributed by atoms with E-state index in [-0.39, 0.29) is 6.10 Å². The molecule has 9 nitrogen and oxygen atoms in total. The van der Waals surface area contributed by atoms with Crippen LogP contribution in [0.4, 0.5) is 10.6 Å². The first kappa shape index (κ1) is 21.5. The maximum atomic E-state index is 11.5. The first-order valence-corrected chi connectivity index (χ1v) is 11.4. The second kappa shape index (κ2) is 8.90. The van der Waals surface area contributed by atoms with Gasteiger partial charge in [0.15, 0.2) is 0 Å². The highest BCUT2D eigenvalue weighted by atomic mass is 16.5. The van der Waals surface area contributed by atoms with E-state index >= 15 is 0 Å². The number of hydrogen-bond donors (Lipinski definition) is 1. The highest BCUT2D eigenvalue weighted by Gasteiger charge is 2.27. The van der Waals surface area contributed by atoms with Gasteiger partial charge in [0.25, 0.3) is 0 Å². The van der Waals surface area contributed by atoms with Crippen LogP contribution in [0, 0.1) is 0 Å². The maximum Gasteiger partial charge on any atom is 0.407 e. The standard InChI is InChI=1S/C24H29N5O4/c1-16-5-4-10-28(16)21-9-8-17(13-25-21)23-26-19-6-3-7-20(32-2)22(19)29(23)15-18-14-27(24(30)31)11-12-33-18/h3,6-9,13,16,18H,4-5,10-12,14-15H2,1-2H3,(H,30,31). The number of methoxy groups -OCH3 is 1. The van der Waals surface area contributed by atoms with Crippen molar-refractivity contribution < 1.29 is 19.4 Å². The number of ether oxygens (including phenoxy) is 2. The molecule has 1 N–H and O–H groups in total. The number of hydrogen-bond acceptors (Lipinski definition) is 6. The average Bonchev–Trinajstić information content (AvgIpc) is 3.43. The lowest BCUT2D eigenvalue weighted by atomic mass is 10.2. The number of carbonyl (C=O) groups is 1. The predicted molar refractivity (Wildman–Crippen MR) is 125 cm³/mol. The third-order valence-electron chi connectivity index (χ3n) is 6.60. The highest BCUT2D eigenvalue weighted by molar-refractivity contribution is 5.86. The lowest BCUT2D eigenvalue weighted by Crippen LogP contribution is -2.46. The van der Waals surface area contributed by atoms with Gasteiger partial charge in [-0.15, -0.1) is 0 Å². The summed E-state index contributed by atoms with van der Waals surface area (Å²) < 4.78 is 13.6. The van der Waals surface area contributed by atoms with Gasteiger partial charge in [0.05, 0.1) is 38.4 Å². The molecule has 0 radical (unpaired) electrons. The molecule has 1 aromatic carbocycles. The van der Waals surface area contributed by atoms with E-state index in [1.54, 1.807) is 7.11 Å². The number of anilines is 1. The van der Waals surface area contributed by atoms with Gasteiger partial charge in [0, 0.05) is 30.9 Å². The molecule has 2 aliphatic heterocycles. The highest BCUT2D eigenvalue weighted by Crippen LogP contribution is 2.32. The van der Waals surface area contributed by atoms with Crippen LogP contribution >= 0.6 is 0 Å². The van der Waals surface area contributed by atoms with E-state index in [1.165, 1.54) is 17.7 Å². The van der Waals surface area contributed by atoms with Crippen molar-refractivity contribution in [3.63, 3.8) is 0 Å². The summed E-state index contributed by atoms with van der Waals surface area (Å²) in [4.78, 5) is 24.9. The first-order valence-electron chi connectivity index (χ1n) is 11.4. The van der Waals surface area contributed by atoms with E-state index in [9.17, 15) is 9.90 Å². The molecule has 3 aromatic rings. The fraction of sp³-hybridized carbons (Fsp3) is 0.458. The van der Waals surface area contributed by atoms with Crippen LogP contribution < -0.4 is 9.64 Å². The molecule has 4 heterocycles. The van der Waals surface area contributed by atoms with E-state index in [2.05, 4.69) is 28.5 Å². The van der Waals surface area contributed by atoms with Gasteiger partial charge in [0.1, 0.15) is 22.9 Å². The van der Waals surface area contributed by atoms with Crippen LogP contribution in [0.5, 0.6) is 5.75 Å². The first-order chi connectivity index (χ1) is 16.0. The summed E-state index contributed by atoms with van der Waals surface area (Å²) in [6.07, 6.45) is 3.04. The second-order valence-corrected chi connectivity index (χ2v) is 8.69. The summed E-state index contributed by atoms with van der Waals surface area (Å²) in [6, 6.07) is 10.4. The number of benzene rings is 1. The van der Waals surface area contributed by atoms with Gasteiger partial charge in [-0.05, 0) is 44.0 Å². The van der Waals surface area contributed by atoms with Crippen molar-refractivity contribution in [2.75, 3.05) is 38.3 Å². The minimum absolute atomic E-state index is 0.284. The Morgan fingerprint density at radius 1 is 1.27 bits per heavy atom. The van der Waals surface area contributed by atoms with Crippen molar-refractivity contribution in [2.45, 2.75) is 38.5 Å². The minimum atomic E-state index is -0.924. The van der Waals surface area contributed by atoms with Crippen molar-refractivity contribution in [2.24, 2.45) is 0 Å². The molecule has 2 fully saturated rings. The third-order valence-corrected chi connectivity index (χ3v) is 6.60. The van der Waals surface area contributed by atoms with Crippen LogP contribution in [0.1, 0.15) is 19.8 Å². The summed E-state index contributed by atoms with van der Waals surface area (Å²) in [7, 11) is 1.64. The smallest absolute Gasteiger partial charge is 0.407 e. The van der Waals surface area contributed by atoms with E-state index in [0.717, 1.165) is 34.8 Å².